The van der Waals surface area contributed by atoms with Gasteiger partial charge in [0.05, 0.1) is 6.61 Å². The highest BCUT2D eigenvalue weighted by molar-refractivity contribution is 5.73. The Balaban J connectivity index is 4.20. The van der Waals surface area contributed by atoms with Gasteiger partial charge >= 0.3 is 18.3 Å². The van der Waals surface area contributed by atoms with Crippen molar-refractivity contribution >= 4 is 5.97 Å². The molecule has 14 heavy (non-hydrogen) atoms. The fraction of sp³-hybridized carbons (Fsp3) is 0.800. The molecule has 1 atom stereocenters. The first-order chi connectivity index (χ1) is 6.08. The summed E-state index contributed by atoms with van der Waals surface area (Å²) in [5.41, 5.74) is 4.64. The van der Waals surface area contributed by atoms with E-state index in [0.717, 1.165) is 0 Å². The quantitative estimate of drug-likeness (QED) is 0.683. The molecule has 9 heteroatoms. The molecule has 0 amide bonds. The van der Waals surface area contributed by atoms with E-state index in [1.165, 1.54) is 0 Å². The molecular formula is C5H6F5NO3. The maximum Gasteiger partial charge on any atom is 0.482 e. The molecule has 0 aliphatic rings. The maximum absolute atomic E-state index is 12.0. The Morgan fingerprint density at radius 3 is 2.07 bits per heavy atom. The summed E-state index contributed by atoms with van der Waals surface area (Å²) in [4.78, 5) is 9.93. The minimum Gasteiger partial charge on any atom is -0.480 e. The van der Waals surface area contributed by atoms with Gasteiger partial charge in [0.1, 0.15) is 6.04 Å². The average molecular weight is 223 g/mol. The first-order valence-electron chi connectivity index (χ1n) is 3.15. The molecule has 0 unspecified atom stereocenters. The number of carboxylic acids is 1. The number of halogens is 5. The summed E-state index contributed by atoms with van der Waals surface area (Å²) in [5.74, 6) is -1.73. The molecule has 84 valence electrons. The summed E-state index contributed by atoms with van der Waals surface area (Å²) in [5, 5.41) is 8.05. The highest BCUT2D eigenvalue weighted by Crippen LogP contribution is 2.36. The Labute approximate surface area is 74.4 Å². The van der Waals surface area contributed by atoms with Crippen LogP contribution in [0.2, 0.25) is 0 Å². The lowest BCUT2D eigenvalue weighted by atomic mass is 10.3. The molecule has 0 fully saturated rings. The van der Waals surface area contributed by atoms with Crippen LogP contribution in [0.1, 0.15) is 0 Å². The van der Waals surface area contributed by atoms with Crippen molar-refractivity contribution in [1.82, 2.24) is 0 Å². The van der Waals surface area contributed by atoms with Gasteiger partial charge < -0.3 is 15.6 Å². The fourth-order valence-electron chi connectivity index (χ4n) is 0.348. The average Bonchev–Trinajstić information content (AvgIpc) is 1.97. The molecule has 4 nitrogen and oxygen atoms in total. The molecule has 3 N–H and O–H groups in total. The molecule has 0 aliphatic heterocycles. The van der Waals surface area contributed by atoms with Gasteiger partial charge in [-0.15, -0.1) is 0 Å². The Kier molecular flexibility index (Phi) is 3.77. The lowest BCUT2D eigenvalue weighted by molar-refractivity contribution is -0.391. The smallest absolute Gasteiger partial charge is 0.480 e. The zero-order valence-corrected chi connectivity index (χ0v) is 6.52. The summed E-state index contributed by atoms with van der Waals surface area (Å²) in [6.07, 6.45) is -11.3. The van der Waals surface area contributed by atoms with E-state index >= 15 is 0 Å². The van der Waals surface area contributed by atoms with E-state index in [-0.39, 0.29) is 0 Å². The second-order valence-corrected chi connectivity index (χ2v) is 2.27. The molecule has 0 saturated carbocycles. The summed E-state index contributed by atoms with van der Waals surface area (Å²) in [6, 6.07) is -1.93. The van der Waals surface area contributed by atoms with Crippen LogP contribution in [0.3, 0.4) is 0 Å². The van der Waals surface area contributed by atoms with Crippen molar-refractivity contribution in [3.8, 4) is 0 Å². The zero-order valence-electron chi connectivity index (χ0n) is 6.52. The molecule has 0 aromatic rings. The van der Waals surface area contributed by atoms with Gasteiger partial charge in [-0.3, -0.25) is 4.79 Å². The Morgan fingerprint density at radius 2 is 1.79 bits per heavy atom. The standard InChI is InChI=1S/C5H6F5NO3/c6-4(7,8)5(9,10)14-1-2(11)3(12)13/h2H,1,11H2,(H,12,13)/t2-/m0/s1. The van der Waals surface area contributed by atoms with Gasteiger partial charge in [-0.2, -0.15) is 22.0 Å². The van der Waals surface area contributed by atoms with Crippen LogP contribution in [0.25, 0.3) is 0 Å². The van der Waals surface area contributed by atoms with Crippen LogP contribution < -0.4 is 5.73 Å². The van der Waals surface area contributed by atoms with Crippen LogP contribution in [-0.4, -0.2) is 36.0 Å². The van der Waals surface area contributed by atoms with Crippen LogP contribution in [0.15, 0.2) is 0 Å². The maximum atomic E-state index is 12.0. The van der Waals surface area contributed by atoms with Gasteiger partial charge in [0, 0.05) is 0 Å². The molecule has 0 aliphatic carbocycles. The normalized spacial score (nSPS) is 15.3. The number of alkyl halides is 5. The molecule has 0 bridgehead atoms. The topological polar surface area (TPSA) is 72.5 Å². The molecular weight excluding hydrogens is 217 g/mol. The molecule has 0 aromatic heterocycles. The van der Waals surface area contributed by atoms with E-state index in [4.69, 9.17) is 5.11 Å². The predicted octanol–water partition coefficient (Wildman–Crippen LogP) is 0.570. The van der Waals surface area contributed by atoms with Crippen LogP contribution in [-0.2, 0) is 9.53 Å². The third kappa shape index (κ3) is 3.42. The predicted molar refractivity (Wildman–Crippen MR) is 32.6 cm³/mol. The third-order valence-corrected chi connectivity index (χ3v) is 1.09. The summed E-state index contributed by atoms with van der Waals surface area (Å²) >= 11 is 0. The Hall–Kier alpha value is -0.960. The van der Waals surface area contributed by atoms with Crippen molar-refractivity contribution in [3.63, 3.8) is 0 Å². The summed E-state index contributed by atoms with van der Waals surface area (Å²) in [6.45, 7) is -1.43. The van der Waals surface area contributed by atoms with Crippen molar-refractivity contribution in [3.05, 3.63) is 0 Å². The molecule has 0 radical (unpaired) electrons. The van der Waals surface area contributed by atoms with Crippen molar-refractivity contribution in [1.29, 1.82) is 0 Å². The highest BCUT2D eigenvalue weighted by atomic mass is 19.4. The third-order valence-electron chi connectivity index (χ3n) is 1.09. The largest absolute Gasteiger partial charge is 0.482 e. The van der Waals surface area contributed by atoms with Crippen LogP contribution in [0.5, 0.6) is 0 Å². The number of rotatable bonds is 4. The fourth-order valence-corrected chi connectivity index (χ4v) is 0.348. The molecule has 0 aromatic carbocycles. The van der Waals surface area contributed by atoms with Crippen LogP contribution in [0.4, 0.5) is 22.0 Å². The Bertz CT molecular complexity index is 216. The second-order valence-electron chi connectivity index (χ2n) is 2.27. The number of aliphatic carboxylic acids is 1. The van der Waals surface area contributed by atoms with E-state index in [0.29, 0.717) is 0 Å². The van der Waals surface area contributed by atoms with E-state index in [1.807, 2.05) is 0 Å². The summed E-state index contributed by atoms with van der Waals surface area (Å²) in [7, 11) is 0. The van der Waals surface area contributed by atoms with Gasteiger partial charge in [-0.05, 0) is 0 Å². The van der Waals surface area contributed by atoms with Gasteiger partial charge in [-0.25, -0.2) is 0 Å². The minimum absolute atomic E-state index is 1.43. The SMILES string of the molecule is N[C@@H](COC(F)(F)C(F)(F)F)C(=O)O. The molecule has 0 saturated heterocycles. The molecule has 0 heterocycles. The minimum atomic E-state index is -5.88. The van der Waals surface area contributed by atoms with Crippen LogP contribution >= 0.6 is 0 Å². The second kappa shape index (κ2) is 4.05. The number of nitrogens with two attached hydrogens (primary N) is 1. The van der Waals surface area contributed by atoms with E-state index in [1.54, 1.807) is 0 Å². The highest BCUT2D eigenvalue weighted by Gasteiger charge is 2.59. The van der Waals surface area contributed by atoms with Crippen molar-refractivity contribution in [2.24, 2.45) is 5.73 Å². The monoisotopic (exact) mass is 223 g/mol. The Morgan fingerprint density at radius 1 is 1.36 bits per heavy atom. The molecule has 0 rings (SSSR count). The van der Waals surface area contributed by atoms with Crippen molar-refractivity contribution in [2.45, 2.75) is 18.3 Å². The number of hydrogen-bond acceptors (Lipinski definition) is 3. The van der Waals surface area contributed by atoms with E-state index in [2.05, 4.69) is 10.5 Å². The lowest BCUT2D eigenvalue weighted by Gasteiger charge is -2.20. The first-order valence-corrected chi connectivity index (χ1v) is 3.15. The van der Waals surface area contributed by atoms with Crippen LogP contribution in [0, 0.1) is 0 Å². The van der Waals surface area contributed by atoms with Gasteiger partial charge in [0.2, 0.25) is 0 Å². The van der Waals surface area contributed by atoms with Crippen molar-refractivity contribution < 1.29 is 36.6 Å². The lowest BCUT2D eigenvalue weighted by Crippen LogP contribution is -2.44. The van der Waals surface area contributed by atoms with Gasteiger partial charge in [-0.1, -0.05) is 0 Å². The number of hydrogen-bond donors (Lipinski definition) is 2. The van der Waals surface area contributed by atoms with E-state index in [9.17, 15) is 26.7 Å². The molecule has 0 spiro atoms. The van der Waals surface area contributed by atoms with Gasteiger partial charge in [0.15, 0.2) is 0 Å². The number of ether oxygens (including phenoxy) is 1. The van der Waals surface area contributed by atoms with Crippen molar-refractivity contribution in [2.75, 3.05) is 6.61 Å². The van der Waals surface area contributed by atoms with Gasteiger partial charge in [0.25, 0.3) is 0 Å². The summed E-state index contributed by atoms with van der Waals surface area (Å²) < 4.78 is 61.2. The first kappa shape index (κ1) is 13.0. The van der Waals surface area contributed by atoms with E-state index < -0.39 is 30.9 Å². The number of carboxylic acid groups (broad SMARTS) is 1. The number of carbonyl (C=O) groups is 1. The zero-order chi connectivity index (χ0) is 11.6.